The average Bonchev–Trinajstić information content (AvgIpc) is 2.76. The number of carbonyl (C=O) groups excluding carboxylic acids is 2. The molecule has 1 saturated heterocycles. The molecule has 0 radical (unpaired) electrons. The molecule has 1 amide bonds. The van der Waals surface area contributed by atoms with Crippen molar-refractivity contribution in [2.45, 2.75) is 51.7 Å². The number of Topliss-reactive ketones (excluding diaryl/α,β-unsaturated/α-hetero) is 1. The minimum atomic E-state index is -0.956. The van der Waals surface area contributed by atoms with E-state index in [9.17, 15) is 19.8 Å². The number of ketones is 1. The van der Waals surface area contributed by atoms with Gasteiger partial charge in [-0.05, 0) is 37.5 Å². The van der Waals surface area contributed by atoms with E-state index in [-0.39, 0.29) is 29.1 Å². The summed E-state index contributed by atoms with van der Waals surface area (Å²) in [7, 11) is 1.51. The van der Waals surface area contributed by atoms with E-state index in [0.29, 0.717) is 5.92 Å². The van der Waals surface area contributed by atoms with E-state index in [0.717, 1.165) is 19.3 Å². The van der Waals surface area contributed by atoms with Crippen LogP contribution in [-0.2, 0) is 9.59 Å². The largest absolute Gasteiger partial charge is 0.511 e. The summed E-state index contributed by atoms with van der Waals surface area (Å²) < 4.78 is 0. The van der Waals surface area contributed by atoms with Gasteiger partial charge in [0.1, 0.15) is 17.4 Å². The van der Waals surface area contributed by atoms with Crippen molar-refractivity contribution in [1.29, 1.82) is 0 Å². The average molecular weight is 333 g/mol. The lowest BCUT2D eigenvalue weighted by molar-refractivity contribution is -0.128. The predicted molar refractivity (Wildman–Crippen MR) is 90.1 cm³/mol. The standard InChI is InChI=1S/C19H27NO4/c1-10-8-9-12-6-4-5-7-13(12)14(10)17(22)15-18(23)16(11(2)21)20(3)19(15)24/h8-14,16,21-22H,4-7H2,1-3H3/t10-,11?,12+,13-,14-,16?/m1/s1. The van der Waals surface area contributed by atoms with E-state index in [1.165, 1.54) is 25.3 Å². The van der Waals surface area contributed by atoms with Crippen molar-refractivity contribution in [1.82, 2.24) is 4.90 Å². The molecule has 2 unspecified atom stereocenters. The minimum absolute atomic E-state index is 0.0613. The Morgan fingerprint density at radius 2 is 1.92 bits per heavy atom. The summed E-state index contributed by atoms with van der Waals surface area (Å²) in [4.78, 5) is 26.4. The van der Waals surface area contributed by atoms with Gasteiger partial charge in [-0.25, -0.2) is 0 Å². The van der Waals surface area contributed by atoms with Gasteiger partial charge in [0.2, 0.25) is 0 Å². The molecule has 0 spiro atoms. The highest BCUT2D eigenvalue weighted by Gasteiger charge is 2.48. The fourth-order valence-electron chi connectivity index (χ4n) is 4.83. The molecule has 1 aliphatic heterocycles. The third-order valence-corrected chi connectivity index (χ3v) is 6.06. The van der Waals surface area contributed by atoms with Crippen LogP contribution >= 0.6 is 0 Å². The summed E-state index contributed by atoms with van der Waals surface area (Å²) in [5.74, 6) is -0.393. The van der Waals surface area contributed by atoms with Crippen LogP contribution in [0.5, 0.6) is 0 Å². The summed E-state index contributed by atoms with van der Waals surface area (Å²) in [6.45, 7) is 3.53. The van der Waals surface area contributed by atoms with Gasteiger partial charge in [0.05, 0.1) is 6.10 Å². The number of carbonyl (C=O) groups is 2. The number of aliphatic hydroxyl groups excluding tert-OH is 2. The second-order valence-electron chi connectivity index (χ2n) is 7.61. The number of nitrogens with zero attached hydrogens (tertiary/aromatic N) is 1. The van der Waals surface area contributed by atoms with Crippen molar-refractivity contribution >= 4 is 11.7 Å². The maximum absolute atomic E-state index is 12.7. The van der Waals surface area contributed by atoms with Crippen LogP contribution in [0.4, 0.5) is 0 Å². The van der Waals surface area contributed by atoms with Gasteiger partial charge in [-0.2, -0.15) is 0 Å². The third-order valence-electron chi connectivity index (χ3n) is 6.06. The van der Waals surface area contributed by atoms with Gasteiger partial charge in [-0.15, -0.1) is 0 Å². The Labute approximate surface area is 143 Å². The minimum Gasteiger partial charge on any atom is -0.511 e. The molecule has 132 valence electrons. The first-order valence-corrected chi connectivity index (χ1v) is 8.95. The van der Waals surface area contributed by atoms with Crippen molar-refractivity contribution in [2.24, 2.45) is 23.7 Å². The highest BCUT2D eigenvalue weighted by molar-refractivity contribution is 6.26. The van der Waals surface area contributed by atoms with Crippen molar-refractivity contribution < 1.29 is 19.8 Å². The molecule has 1 saturated carbocycles. The summed E-state index contributed by atoms with van der Waals surface area (Å²) in [6.07, 6.45) is 7.82. The Bertz CT molecular complexity index is 606. The fraction of sp³-hybridized carbons (Fsp3) is 0.684. The molecule has 0 bridgehead atoms. The molecule has 3 rings (SSSR count). The molecule has 2 aliphatic carbocycles. The maximum atomic E-state index is 12.7. The molecule has 1 heterocycles. The van der Waals surface area contributed by atoms with Gasteiger partial charge in [0.25, 0.3) is 5.91 Å². The Morgan fingerprint density at radius 3 is 2.54 bits per heavy atom. The Morgan fingerprint density at radius 1 is 1.25 bits per heavy atom. The van der Waals surface area contributed by atoms with Gasteiger partial charge < -0.3 is 15.1 Å². The lowest BCUT2D eigenvalue weighted by Crippen LogP contribution is -2.40. The second kappa shape index (κ2) is 6.36. The summed E-state index contributed by atoms with van der Waals surface area (Å²) in [5, 5.41) is 20.8. The van der Waals surface area contributed by atoms with Crippen molar-refractivity contribution in [2.75, 3.05) is 7.05 Å². The third kappa shape index (κ3) is 2.59. The lowest BCUT2D eigenvalue weighted by Gasteiger charge is -2.41. The van der Waals surface area contributed by atoms with Crippen LogP contribution in [0.2, 0.25) is 0 Å². The molecule has 5 nitrogen and oxygen atoms in total. The number of amides is 1. The van der Waals surface area contributed by atoms with Crippen molar-refractivity contribution in [3.8, 4) is 0 Å². The molecule has 3 aliphatic rings. The number of likely N-dealkylation sites (N-methyl/N-ethyl adjacent to an activating group) is 1. The van der Waals surface area contributed by atoms with Crippen LogP contribution in [-0.4, -0.2) is 46.0 Å². The van der Waals surface area contributed by atoms with E-state index in [2.05, 4.69) is 12.2 Å². The SMILES string of the molecule is CC(O)C1C(=O)C(=C(O)[C@H]2[C@@H]3CCCC[C@H]3C=C[C@H]2C)C(=O)N1C. The quantitative estimate of drug-likeness (QED) is 0.351. The molecule has 6 atom stereocenters. The topological polar surface area (TPSA) is 77.8 Å². The normalized spacial score (nSPS) is 39.8. The zero-order valence-electron chi connectivity index (χ0n) is 14.6. The van der Waals surface area contributed by atoms with Crippen molar-refractivity contribution in [3.63, 3.8) is 0 Å². The fourth-order valence-corrected chi connectivity index (χ4v) is 4.83. The smallest absolute Gasteiger partial charge is 0.261 e. The molecule has 0 aromatic heterocycles. The van der Waals surface area contributed by atoms with Crippen LogP contribution in [0.3, 0.4) is 0 Å². The molecular weight excluding hydrogens is 306 g/mol. The number of hydrogen-bond acceptors (Lipinski definition) is 4. The van der Waals surface area contributed by atoms with Crippen LogP contribution in [0.15, 0.2) is 23.5 Å². The van der Waals surface area contributed by atoms with Crippen molar-refractivity contribution in [3.05, 3.63) is 23.5 Å². The first-order valence-electron chi connectivity index (χ1n) is 8.95. The number of allylic oxidation sites excluding steroid dienone is 3. The van der Waals surface area contributed by atoms with E-state index >= 15 is 0 Å². The summed E-state index contributed by atoms with van der Waals surface area (Å²) in [5.41, 5.74) is -0.111. The van der Waals surface area contributed by atoms with Crippen LogP contribution in [0.1, 0.15) is 39.5 Å². The number of hydrogen-bond donors (Lipinski definition) is 2. The van der Waals surface area contributed by atoms with Crippen LogP contribution in [0.25, 0.3) is 0 Å². The number of rotatable bonds is 2. The molecule has 5 heteroatoms. The molecule has 2 N–H and O–H groups in total. The van der Waals surface area contributed by atoms with E-state index in [1.54, 1.807) is 0 Å². The van der Waals surface area contributed by atoms with Crippen LogP contribution in [0, 0.1) is 23.7 Å². The van der Waals surface area contributed by atoms with E-state index in [4.69, 9.17) is 0 Å². The predicted octanol–water partition coefficient (Wildman–Crippen LogP) is 2.22. The van der Waals surface area contributed by atoms with Gasteiger partial charge in [-0.1, -0.05) is 31.9 Å². The molecular formula is C19H27NO4. The number of aliphatic hydroxyl groups is 2. The number of fused-ring (bicyclic) bond motifs is 1. The monoisotopic (exact) mass is 333 g/mol. The van der Waals surface area contributed by atoms with Crippen LogP contribution < -0.4 is 0 Å². The first kappa shape index (κ1) is 17.2. The van der Waals surface area contributed by atoms with Gasteiger partial charge in [-0.3, -0.25) is 9.59 Å². The lowest BCUT2D eigenvalue weighted by atomic mass is 9.64. The Hall–Kier alpha value is -1.62. The van der Waals surface area contributed by atoms with Gasteiger partial charge in [0.15, 0.2) is 5.78 Å². The zero-order chi connectivity index (χ0) is 17.6. The Kier molecular flexibility index (Phi) is 4.56. The van der Waals surface area contributed by atoms with E-state index in [1.807, 2.05) is 6.92 Å². The number of likely N-dealkylation sites (tertiary alicyclic amines) is 1. The molecule has 0 aromatic rings. The maximum Gasteiger partial charge on any atom is 0.261 e. The van der Waals surface area contributed by atoms with E-state index < -0.39 is 23.8 Å². The van der Waals surface area contributed by atoms with Gasteiger partial charge >= 0.3 is 0 Å². The summed E-state index contributed by atoms with van der Waals surface area (Å²) in [6, 6.07) is -0.897. The summed E-state index contributed by atoms with van der Waals surface area (Å²) >= 11 is 0. The molecule has 24 heavy (non-hydrogen) atoms. The molecule has 2 fully saturated rings. The first-order chi connectivity index (χ1) is 11.3. The molecule has 0 aromatic carbocycles. The van der Waals surface area contributed by atoms with Gasteiger partial charge in [0, 0.05) is 13.0 Å². The highest BCUT2D eigenvalue weighted by Crippen LogP contribution is 2.46. The highest BCUT2D eigenvalue weighted by atomic mass is 16.3. The Balaban J connectivity index is 2.01. The second-order valence-corrected chi connectivity index (χ2v) is 7.61. The zero-order valence-corrected chi connectivity index (χ0v) is 14.6.